The van der Waals surface area contributed by atoms with Gasteiger partial charge in [0.05, 0.1) is 0 Å². The minimum Gasteiger partial charge on any atom is -0.325 e. The normalized spacial score (nSPS) is 10.2. The van der Waals surface area contributed by atoms with E-state index in [9.17, 15) is 0 Å². The van der Waals surface area contributed by atoms with Crippen LogP contribution in [0.15, 0.2) is 54.6 Å². The fourth-order valence-corrected chi connectivity index (χ4v) is 1.73. The summed E-state index contributed by atoms with van der Waals surface area (Å²) in [4.78, 5) is 0. The first-order chi connectivity index (χ1) is 7.36. The van der Waals surface area contributed by atoms with Crippen LogP contribution in [-0.2, 0) is 12.8 Å². The average Bonchev–Trinajstić information content (AvgIpc) is 2.29. The Morgan fingerprint density at radius 2 is 1.40 bits per heavy atom. The quantitative estimate of drug-likeness (QED) is 0.784. The first-order valence-corrected chi connectivity index (χ1v) is 5.30. The maximum absolute atomic E-state index is 4.03. The minimum absolute atomic E-state index is 1.07. The molecule has 0 atom stereocenters. The third-order valence-electron chi connectivity index (χ3n) is 2.64. The maximum atomic E-state index is 4.03. The fraction of sp³-hybridized carbons (Fsp3) is 0.143. The molecule has 0 unspecified atom stereocenters. The highest BCUT2D eigenvalue weighted by molar-refractivity contribution is 5.38. The molecule has 0 spiro atoms. The SMILES string of the molecule is [NH3+]c1ccccc1CCc1ccccc1. The summed E-state index contributed by atoms with van der Waals surface area (Å²) >= 11 is 0. The number of rotatable bonds is 3. The number of hydrogen-bond donors (Lipinski definition) is 1. The Balaban J connectivity index is 2.03. The van der Waals surface area contributed by atoms with Crippen molar-refractivity contribution in [1.29, 1.82) is 0 Å². The summed E-state index contributed by atoms with van der Waals surface area (Å²) in [6.45, 7) is 0. The average molecular weight is 198 g/mol. The predicted molar refractivity (Wildman–Crippen MR) is 62.8 cm³/mol. The largest absolute Gasteiger partial charge is 0.325 e. The van der Waals surface area contributed by atoms with Gasteiger partial charge in [0, 0.05) is 5.56 Å². The van der Waals surface area contributed by atoms with Crippen LogP contribution in [-0.4, -0.2) is 0 Å². The third kappa shape index (κ3) is 2.67. The van der Waals surface area contributed by atoms with Crippen molar-refractivity contribution < 1.29 is 5.73 Å². The molecule has 15 heavy (non-hydrogen) atoms. The molecule has 3 N–H and O–H groups in total. The summed E-state index contributed by atoms with van der Waals surface area (Å²) in [6.07, 6.45) is 2.16. The number of quaternary nitrogens is 1. The fourth-order valence-electron chi connectivity index (χ4n) is 1.73. The van der Waals surface area contributed by atoms with Crippen molar-refractivity contribution in [2.75, 3.05) is 0 Å². The molecule has 0 saturated heterocycles. The molecular weight excluding hydrogens is 182 g/mol. The zero-order valence-corrected chi connectivity index (χ0v) is 8.82. The topological polar surface area (TPSA) is 27.6 Å². The molecule has 0 aliphatic heterocycles. The summed E-state index contributed by atoms with van der Waals surface area (Å²) in [6, 6.07) is 18.9. The van der Waals surface area contributed by atoms with E-state index in [4.69, 9.17) is 0 Å². The molecule has 2 aromatic carbocycles. The van der Waals surface area contributed by atoms with Crippen LogP contribution in [0.2, 0.25) is 0 Å². The Hall–Kier alpha value is -1.60. The highest BCUT2D eigenvalue weighted by Gasteiger charge is 2.00. The van der Waals surface area contributed by atoms with Gasteiger partial charge in [0.15, 0.2) is 0 Å². The van der Waals surface area contributed by atoms with Crippen LogP contribution in [0, 0.1) is 0 Å². The standard InChI is InChI=1S/C14H15N/c15-14-9-5-4-8-13(14)11-10-12-6-2-1-3-7-12/h1-9H,10-11,15H2/p+1. The van der Waals surface area contributed by atoms with Crippen LogP contribution in [0.4, 0.5) is 5.69 Å². The molecule has 2 rings (SSSR count). The van der Waals surface area contributed by atoms with E-state index in [0.29, 0.717) is 0 Å². The highest BCUT2D eigenvalue weighted by atomic mass is 14.6. The minimum atomic E-state index is 1.07. The van der Waals surface area contributed by atoms with Crippen LogP contribution in [0.3, 0.4) is 0 Å². The van der Waals surface area contributed by atoms with Gasteiger partial charge in [-0.05, 0) is 24.5 Å². The van der Waals surface area contributed by atoms with Crippen molar-refractivity contribution in [3.8, 4) is 0 Å². The molecule has 0 radical (unpaired) electrons. The van der Waals surface area contributed by atoms with Crippen molar-refractivity contribution in [3.05, 3.63) is 65.7 Å². The van der Waals surface area contributed by atoms with Crippen molar-refractivity contribution in [1.82, 2.24) is 0 Å². The molecule has 0 saturated carbocycles. The van der Waals surface area contributed by atoms with E-state index in [1.54, 1.807) is 0 Å². The first-order valence-electron chi connectivity index (χ1n) is 5.30. The van der Waals surface area contributed by atoms with Gasteiger partial charge in [-0.3, -0.25) is 0 Å². The van der Waals surface area contributed by atoms with E-state index >= 15 is 0 Å². The highest BCUT2D eigenvalue weighted by Crippen LogP contribution is 2.12. The maximum Gasteiger partial charge on any atom is 0.131 e. The molecule has 1 nitrogen and oxygen atoms in total. The van der Waals surface area contributed by atoms with Gasteiger partial charge < -0.3 is 5.73 Å². The molecule has 0 amide bonds. The van der Waals surface area contributed by atoms with Gasteiger partial charge in [0.25, 0.3) is 0 Å². The Bertz CT molecular complexity index is 420. The number of benzene rings is 2. The van der Waals surface area contributed by atoms with Gasteiger partial charge in [0.1, 0.15) is 5.69 Å². The van der Waals surface area contributed by atoms with Crippen molar-refractivity contribution in [2.24, 2.45) is 0 Å². The Morgan fingerprint density at radius 1 is 0.733 bits per heavy atom. The lowest BCUT2D eigenvalue weighted by Gasteiger charge is -2.02. The van der Waals surface area contributed by atoms with Gasteiger partial charge >= 0.3 is 0 Å². The monoisotopic (exact) mass is 198 g/mol. The Kier molecular flexibility index (Phi) is 3.15. The van der Waals surface area contributed by atoms with E-state index in [-0.39, 0.29) is 0 Å². The summed E-state index contributed by atoms with van der Waals surface area (Å²) in [5.41, 5.74) is 7.92. The Labute approximate surface area is 90.6 Å². The first kappa shape index (κ1) is 9.94. The van der Waals surface area contributed by atoms with E-state index in [0.717, 1.165) is 18.5 Å². The molecule has 0 aromatic heterocycles. The third-order valence-corrected chi connectivity index (χ3v) is 2.64. The van der Waals surface area contributed by atoms with Crippen LogP contribution >= 0.6 is 0 Å². The van der Waals surface area contributed by atoms with Gasteiger partial charge in [-0.1, -0.05) is 48.5 Å². The second-order valence-corrected chi connectivity index (χ2v) is 3.75. The lowest BCUT2D eigenvalue weighted by molar-refractivity contribution is -0.255. The molecule has 0 heterocycles. The molecule has 2 aromatic rings. The van der Waals surface area contributed by atoms with Crippen molar-refractivity contribution >= 4 is 5.69 Å². The van der Waals surface area contributed by atoms with Crippen LogP contribution in [0.5, 0.6) is 0 Å². The second-order valence-electron chi connectivity index (χ2n) is 3.75. The van der Waals surface area contributed by atoms with Crippen LogP contribution in [0.1, 0.15) is 11.1 Å². The van der Waals surface area contributed by atoms with Gasteiger partial charge in [-0.25, -0.2) is 0 Å². The smallest absolute Gasteiger partial charge is 0.131 e. The zero-order valence-electron chi connectivity index (χ0n) is 8.82. The molecular formula is C14H16N+. The molecule has 1 heteroatoms. The summed E-state index contributed by atoms with van der Waals surface area (Å²) in [7, 11) is 0. The van der Waals surface area contributed by atoms with E-state index < -0.39 is 0 Å². The molecule has 0 aliphatic rings. The van der Waals surface area contributed by atoms with Crippen LogP contribution < -0.4 is 5.73 Å². The molecule has 0 fully saturated rings. The summed E-state index contributed by atoms with van der Waals surface area (Å²) in [5, 5.41) is 0. The van der Waals surface area contributed by atoms with E-state index in [1.165, 1.54) is 11.1 Å². The zero-order chi connectivity index (χ0) is 10.5. The molecule has 0 bridgehead atoms. The predicted octanol–water partition coefficient (Wildman–Crippen LogP) is 2.35. The van der Waals surface area contributed by atoms with E-state index in [1.807, 2.05) is 6.07 Å². The van der Waals surface area contributed by atoms with E-state index in [2.05, 4.69) is 54.3 Å². The Morgan fingerprint density at radius 3 is 2.13 bits per heavy atom. The summed E-state index contributed by atoms with van der Waals surface area (Å²) < 4.78 is 0. The summed E-state index contributed by atoms with van der Waals surface area (Å²) in [5.74, 6) is 0. The lowest BCUT2D eigenvalue weighted by atomic mass is 10.0. The van der Waals surface area contributed by atoms with Crippen molar-refractivity contribution in [3.63, 3.8) is 0 Å². The lowest BCUT2D eigenvalue weighted by Crippen LogP contribution is -2.41. The molecule has 0 aliphatic carbocycles. The van der Waals surface area contributed by atoms with Gasteiger partial charge in [-0.2, -0.15) is 0 Å². The van der Waals surface area contributed by atoms with Gasteiger partial charge in [-0.15, -0.1) is 0 Å². The van der Waals surface area contributed by atoms with Gasteiger partial charge in [0.2, 0.25) is 0 Å². The van der Waals surface area contributed by atoms with Crippen LogP contribution in [0.25, 0.3) is 0 Å². The molecule has 76 valence electrons. The number of aryl methyl sites for hydroxylation is 2. The van der Waals surface area contributed by atoms with Crippen molar-refractivity contribution in [2.45, 2.75) is 12.8 Å². The number of hydrogen-bond acceptors (Lipinski definition) is 0. The second kappa shape index (κ2) is 4.76.